The number of hydrogen-bond donors (Lipinski definition) is 1. The highest BCUT2D eigenvalue weighted by molar-refractivity contribution is 7.89. The Hall–Kier alpha value is -2.34. The van der Waals surface area contributed by atoms with Crippen LogP contribution in [-0.2, 0) is 16.4 Å². The fourth-order valence-electron chi connectivity index (χ4n) is 3.07. The molecule has 29 heavy (non-hydrogen) atoms. The summed E-state index contributed by atoms with van der Waals surface area (Å²) in [7, 11) is -2.11. The van der Waals surface area contributed by atoms with Crippen molar-refractivity contribution in [1.29, 1.82) is 0 Å². The van der Waals surface area contributed by atoms with Gasteiger partial charge < -0.3 is 4.74 Å². The fourth-order valence-corrected chi connectivity index (χ4v) is 4.70. The average Bonchev–Trinajstić information content (AvgIpc) is 2.74. The maximum absolute atomic E-state index is 13.0. The van der Waals surface area contributed by atoms with Gasteiger partial charge in [-0.3, -0.25) is 0 Å². The van der Waals surface area contributed by atoms with Crippen molar-refractivity contribution in [2.45, 2.75) is 29.7 Å². The number of hydrogen-bond acceptors (Lipinski definition) is 3. The van der Waals surface area contributed by atoms with E-state index in [-0.39, 0.29) is 4.90 Å². The molecule has 0 aromatic heterocycles. The van der Waals surface area contributed by atoms with Gasteiger partial charge in [0.2, 0.25) is 10.0 Å². The van der Waals surface area contributed by atoms with Gasteiger partial charge in [-0.2, -0.15) is 0 Å². The van der Waals surface area contributed by atoms with Crippen LogP contribution in [0.4, 0.5) is 0 Å². The summed E-state index contributed by atoms with van der Waals surface area (Å²) in [5.41, 5.74) is 2.82. The van der Waals surface area contributed by atoms with Crippen molar-refractivity contribution in [2.75, 3.05) is 7.11 Å². The average molecular weight is 430 g/mol. The Kier molecular flexibility index (Phi) is 6.96. The van der Waals surface area contributed by atoms with Crippen molar-refractivity contribution in [3.05, 3.63) is 95.6 Å². The van der Waals surface area contributed by atoms with E-state index in [2.05, 4.69) is 4.72 Å². The number of sulfonamides is 1. The Balaban J connectivity index is 1.89. The monoisotopic (exact) mass is 429 g/mol. The SMILES string of the molecule is COc1ccc(C[C@@H](NS(=O)(=O)c2ccc(C)cc2)[C@@H](Cl)c2ccccc2)cc1. The first-order valence-electron chi connectivity index (χ1n) is 9.30. The highest BCUT2D eigenvalue weighted by atomic mass is 35.5. The van der Waals surface area contributed by atoms with E-state index in [1.807, 2.05) is 61.5 Å². The largest absolute Gasteiger partial charge is 0.497 e. The zero-order valence-corrected chi connectivity index (χ0v) is 18.0. The van der Waals surface area contributed by atoms with Gasteiger partial charge in [-0.25, -0.2) is 13.1 Å². The molecule has 3 rings (SSSR count). The molecule has 0 saturated carbocycles. The minimum Gasteiger partial charge on any atom is -0.497 e. The summed E-state index contributed by atoms with van der Waals surface area (Å²) in [5.74, 6) is 0.746. The molecule has 0 unspecified atom stereocenters. The van der Waals surface area contributed by atoms with Gasteiger partial charge in [0.25, 0.3) is 0 Å². The molecule has 0 radical (unpaired) electrons. The number of nitrogens with one attached hydrogen (secondary N) is 1. The predicted octanol–water partition coefficient (Wildman–Crippen LogP) is 4.87. The van der Waals surface area contributed by atoms with Gasteiger partial charge in [-0.05, 0) is 48.7 Å². The van der Waals surface area contributed by atoms with Gasteiger partial charge in [0, 0.05) is 6.04 Å². The molecular weight excluding hydrogens is 406 g/mol. The molecule has 0 heterocycles. The van der Waals surface area contributed by atoms with E-state index >= 15 is 0 Å². The Bertz CT molecular complexity index is 1020. The van der Waals surface area contributed by atoms with Gasteiger partial charge in [0.15, 0.2) is 0 Å². The summed E-state index contributed by atoms with van der Waals surface area (Å²) < 4.78 is 34.0. The highest BCUT2D eigenvalue weighted by Crippen LogP contribution is 2.28. The zero-order chi connectivity index (χ0) is 20.9. The van der Waals surface area contributed by atoms with Gasteiger partial charge in [-0.15, -0.1) is 11.6 Å². The lowest BCUT2D eigenvalue weighted by atomic mass is 9.99. The molecule has 2 atom stereocenters. The summed E-state index contributed by atoms with van der Waals surface area (Å²) in [6.45, 7) is 1.92. The molecule has 0 aliphatic rings. The van der Waals surface area contributed by atoms with Crippen LogP contribution in [-0.4, -0.2) is 21.6 Å². The molecule has 3 aromatic carbocycles. The van der Waals surface area contributed by atoms with Crippen LogP contribution < -0.4 is 9.46 Å². The van der Waals surface area contributed by atoms with E-state index in [0.29, 0.717) is 6.42 Å². The number of alkyl halides is 1. The second-order valence-electron chi connectivity index (χ2n) is 6.91. The van der Waals surface area contributed by atoms with Crippen LogP contribution in [0.1, 0.15) is 22.1 Å². The molecule has 0 saturated heterocycles. The molecule has 6 heteroatoms. The first-order chi connectivity index (χ1) is 13.9. The van der Waals surface area contributed by atoms with Crippen molar-refractivity contribution < 1.29 is 13.2 Å². The number of ether oxygens (including phenoxy) is 1. The predicted molar refractivity (Wildman–Crippen MR) is 117 cm³/mol. The van der Waals surface area contributed by atoms with Gasteiger partial charge >= 0.3 is 0 Å². The quantitative estimate of drug-likeness (QED) is 0.519. The van der Waals surface area contributed by atoms with E-state index in [0.717, 1.165) is 22.4 Å². The smallest absolute Gasteiger partial charge is 0.240 e. The molecule has 152 valence electrons. The summed E-state index contributed by atoms with van der Waals surface area (Å²) in [5, 5.41) is -0.529. The lowest BCUT2D eigenvalue weighted by Gasteiger charge is -2.24. The molecule has 0 fully saturated rings. The number of methoxy groups -OCH3 is 1. The molecule has 4 nitrogen and oxygen atoms in total. The number of rotatable bonds is 8. The fraction of sp³-hybridized carbons (Fsp3) is 0.217. The minimum atomic E-state index is -3.72. The van der Waals surface area contributed by atoms with Crippen LogP contribution in [0.15, 0.2) is 83.8 Å². The molecule has 3 aromatic rings. The van der Waals surface area contributed by atoms with Gasteiger partial charge in [0.1, 0.15) is 5.75 Å². The lowest BCUT2D eigenvalue weighted by molar-refractivity contribution is 0.414. The van der Waals surface area contributed by atoms with Crippen molar-refractivity contribution >= 4 is 21.6 Å². The summed E-state index contributed by atoms with van der Waals surface area (Å²) in [4.78, 5) is 0.222. The maximum atomic E-state index is 13.0. The molecule has 1 N–H and O–H groups in total. The topological polar surface area (TPSA) is 55.4 Å². The minimum absolute atomic E-state index is 0.222. The van der Waals surface area contributed by atoms with Crippen LogP contribution >= 0.6 is 11.6 Å². The Labute approximate surface area is 177 Å². The first kappa shape index (κ1) is 21.4. The number of benzene rings is 3. The van der Waals surface area contributed by atoms with Crippen LogP contribution in [0.2, 0.25) is 0 Å². The van der Waals surface area contributed by atoms with Crippen LogP contribution in [0, 0.1) is 6.92 Å². The summed E-state index contributed by atoms with van der Waals surface area (Å²) >= 11 is 6.75. The normalized spacial score (nSPS) is 13.6. The molecule has 0 aliphatic carbocycles. The summed E-state index contributed by atoms with van der Waals surface area (Å²) in [6.07, 6.45) is 0.443. The maximum Gasteiger partial charge on any atom is 0.240 e. The Morgan fingerprint density at radius 3 is 2.14 bits per heavy atom. The third kappa shape index (κ3) is 5.60. The Morgan fingerprint density at radius 2 is 1.55 bits per heavy atom. The van der Waals surface area contributed by atoms with E-state index in [1.54, 1.807) is 31.4 Å². The second kappa shape index (κ2) is 9.44. The zero-order valence-electron chi connectivity index (χ0n) is 16.4. The van der Waals surface area contributed by atoms with Crippen molar-refractivity contribution in [2.24, 2.45) is 0 Å². The Morgan fingerprint density at radius 1 is 0.931 bits per heavy atom. The molecule has 0 spiro atoms. The van der Waals surface area contributed by atoms with Gasteiger partial charge in [0.05, 0.1) is 17.4 Å². The molecule has 0 amide bonds. The molecule has 0 bridgehead atoms. The van der Waals surface area contributed by atoms with Crippen LogP contribution in [0.25, 0.3) is 0 Å². The van der Waals surface area contributed by atoms with Crippen molar-refractivity contribution in [3.8, 4) is 5.75 Å². The van der Waals surface area contributed by atoms with E-state index in [1.165, 1.54) is 0 Å². The molecular formula is C23H24ClNO3S. The second-order valence-corrected chi connectivity index (χ2v) is 9.09. The van der Waals surface area contributed by atoms with Gasteiger partial charge in [-0.1, -0.05) is 60.2 Å². The third-order valence-electron chi connectivity index (χ3n) is 4.72. The van der Waals surface area contributed by atoms with Crippen LogP contribution in [0.3, 0.4) is 0 Å². The van der Waals surface area contributed by atoms with E-state index in [9.17, 15) is 8.42 Å². The van der Waals surface area contributed by atoms with E-state index in [4.69, 9.17) is 16.3 Å². The highest BCUT2D eigenvalue weighted by Gasteiger charge is 2.27. The lowest BCUT2D eigenvalue weighted by Crippen LogP contribution is -2.39. The first-order valence-corrected chi connectivity index (χ1v) is 11.2. The van der Waals surface area contributed by atoms with Crippen molar-refractivity contribution in [1.82, 2.24) is 4.72 Å². The standard InChI is InChI=1S/C23H24ClNO3S/c1-17-8-14-21(15-9-17)29(26,27)25-22(23(24)19-6-4-3-5-7-19)16-18-10-12-20(28-2)13-11-18/h3-15,22-23,25H,16H2,1-2H3/t22-,23+/m1/s1. The van der Waals surface area contributed by atoms with E-state index < -0.39 is 21.4 Å². The van der Waals surface area contributed by atoms with Crippen molar-refractivity contribution in [3.63, 3.8) is 0 Å². The molecule has 0 aliphatic heterocycles. The van der Waals surface area contributed by atoms with Crippen LogP contribution in [0.5, 0.6) is 5.75 Å². The number of aryl methyl sites for hydroxylation is 1. The number of halogens is 1. The summed E-state index contributed by atoms with van der Waals surface area (Å²) in [6, 6.07) is 23.3. The third-order valence-corrected chi connectivity index (χ3v) is 6.79.